The van der Waals surface area contributed by atoms with Crippen LogP contribution in [0.5, 0.6) is 0 Å². The van der Waals surface area contributed by atoms with E-state index < -0.39 is 11.7 Å². The number of anilines is 1. The maximum absolute atomic E-state index is 12.8. The number of hydrogen-bond acceptors (Lipinski definition) is 1. The van der Waals surface area contributed by atoms with E-state index >= 15 is 0 Å². The summed E-state index contributed by atoms with van der Waals surface area (Å²) in [4.78, 5) is 12.1. The molecule has 20 heavy (non-hydrogen) atoms. The predicted molar refractivity (Wildman–Crippen MR) is 73.4 cm³/mol. The van der Waals surface area contributed by atoms with E-state index in [0.717, 1.165) is 18.9 Å². The third kappa shape index (κ3) is 4.54. The van der Waals surface area contributed by atoms with E-state index in [1.165, 1.54) is 18.2 Å². The zero-order chi connectivity index (χ0) is 15.2. The van der Waals surface area contributed by atoms with E-state index in [-0.39, 0.29) is 17.5 Å². The first-order valence-corrected chi connectivity index (χ1v) is 6.87. The molecule has 0 bridgehead atoms. The topological polar surface area (TPSA) is 29.1 Å². The van der Waals surface area contributed by atoms with Gasteiger partial charge in [-0.3, -0.25) is 4.79 Å². The average Bonchev–Trinajstić information content (AvgIpc) is 2.38. The molecule has 1 aromatic rings. The Hall–Kier alpha value is -1.52. The third-order valence-corrected chi connectivity index (χ3v) is 3.14. The van der Waals surface area contributed by atoms with Gasteiger partial charge < -0.3 is 5.32 Å². The van der Waals surface area contributed by atoms with Crippen molar-refractivity contribution in [1.29, 1.82) is 0 Å². The standard InChI is InChI=1S/C15H20F3NO/c1-3-7-11(8-4-2)14(20)19-13-10-6-5-9-12(13)15(16,17)18/h5-6,9-11H,3-4,7-8H2,1-2H3,(H,19,20). The van der Waals surface area contributed by atoms with Gasteiger partial charge in [-0.05, 0) is 25.0 Å². The molecule has 0 fully saturated rings. The Morgan fingerprint density at radius 1 is 1.15 bits per heavy atom. The van der Waals surface area contributed by atoms with Crippen molar-refractivity contribution in [2.24, 2.45) is 5.92 Å². The van der Waals surface area contributed by atoms with E-state index in [9.17, 15) is 18.0 Å². The lowest BCUT2D eigenvalue weighted by Gasteiger charge is -2.18. The van der Waals surface area contributed by atoms with Gasteiger partial charge in [0.1, 0.15) is 0 Å². The van der Waals surface area contributed by atoms with Gasteiger partial charge in [0.25, 0.3) is 0 Å². The first-order valence-electron chi connectivity index (χ1n) is 6.87. The van der Waals surface area contributed by atoms with Crippen molar-refractivity contribution < 1.29 is 18.0 Å². The van der Waals surface area contributed by atoms with Crippen molar-refractivity contribution in [2.45, 2.75) is 45.7 Å². The molecule has 112 valence electrons. The molecule has 0 saturated heterocycles. The van der Waals surface area contributed by atoms with Crippen LogP contribution >= 0.6 is 0 Å². The normalized spacial score (nSPS) is 11.7. The summed E-state index contributed by atoms with van der Waals surface area (Å²) in [7, 11) is 0. The van der Waals surface area contributed by atoms with Crippen LogP contribution in [-0.4, -0.2) is 5.91 Å². The predicted octanol–water partition coefficient (Wildman–Crippen LogP) is 4.86. The summed E-state index contributed by atoms with van der Waals surface area (Å²) in [5, 5.41) is 2.43. The highest BCUT2D eigenvalue weighted by Crippen LogP contribution is 2.34. The molecular weight excluding hydrogens is 267 g/mol. The van der Waals surface area contributed by atoms with Gasteiger partial charge in [0, 0.05) is 5.92 Å². The Bertz CT molecular complexity index is 437. The molecule has 1 amide bonds. The second-order valence-corrected chi connectivity index (χ2v) is 4.81. The lowest BCUT2D eigenvalue weighted by atomic mass is 9.97. The molecular formula is C15H20F3NO. The van der Waals surface area contributed by atoms with Crippen molar-refractivity contribution in [3.63, 3.8) is 0 Å². The minimum atomic E-state index is -4.46. The van der Waals surface area contributed by atoms with Crippen LogP contribution in [0.25, 0.3) is 0 Å². The van der Waals surface area contributed by atoms with Crippen LogP contribution in [0.2, 0.25) is 0 Å². The Balaban J connectivity index is 2.89. The SMILES string of the molecule is CCCC(CCC)C(=O)Nc1ccccc1C(F)(F)F. The summed E-state index contributed by atoms with van der Waals surface area (Å²) >= 11 is 0. The number of carbonyl (C=O) groups excluding carboxylic acids is 1. The van der Waals surface area contributed by atoms with Crippen LogP contribution in [-0.2, 0) is 11.0 Å². The number of halogens is 3. The van der Waals surface area contributed by atoms with Crippen molar-refractivity contribution in [3.05, 3.63) is 29.8 Å². The molecule has 1 aromatic carbocycles. The van der Waals surface area contributed by atoms with E-state index in [1.807, 2.05) is 13.8 Å². The highest BCUT2D eigenvalue weighted by Gasteiger charge is 2.33. The summed E-state index contributed by atoms with van der Waals surface area (Å²) in [5.74, 6) is -0.559. The first-order chi connectivity index (χ1) is 9.40. The fourth-order valence-corrected chi connectivity index (χ4v) is 2.18. The number of nitrogens with one attached hydrogen (secondary N) is 1. The van der Waals surface area contributed by atoms with Gasteiger partial charge in [0.05, 0.1) is 11.3 Å². The molecule has 0 aliphatic heterocycles. The minimum Gasteiger partial charge on any atom is -0.325 e. The first kappa shape index (κ1) is 16.5. The molecule has 0 radical (unpaired) electrons. The van der Waals surface area contributed by atoms with Crippen molar-refractivity contribution in [3.8, 4) is 0 Å². The van der Waals surface area contributed by atoms with Gasteiger partial charge >= 0.3 is 6.18 Å². The highest BCUT2D eigenvalue weighted by molar-refractivity contribution is 5.93. The van der Waals surface area contributed by atoms with Gasteiger partial charge in [-0.25, -0.2) is 0 Å². The third-order valence-electron chi connectivity index (χ3n) is 3.14. The van der Waals surface area contributed by atoms with Crippen LogP contribution in [0.4, 0.5) is 18.9 Å². The molecule has 0 unspecified atom stereocenters. The number of carbonyl (C=O) groups is 1. The van der Waals surface area contributed by atoms with Gasteiger partial charge in [-0.1, -0.05) is 38.8 Å². The van der Waals surface area contributed by atoms with Crippen LogP contribution < -0.4 is 5.32 Å². The molecule has 0 saturated carbocycles. The second-order valence-electron chi connectivity index (χ2n) is 4.81. The van der Waals surface area contributed by atoms with E-state index in [0.29, 0.717) is 12.8 Å². The Kier molecular flexibility index (Phi) is 6.05. The minimum absolute atomic E-state index is 0.165. The molecule has 0 aliphatic rings. The quantitative estimate of drug-likeness (QED) is 0.795. The van der Waals surface area contributed by atoms with E-state index in [1.54, 1.807) is 0 Å². The number of rotatable bonds is 6. The number of hydrogen-bond donors (Lipinski definition) is 1. The van der Waals surface area contributed by atoms with Crippen molar-refractivity contribution >= 4 is 11.6 Å². The summed E-state index contributed by atoms with van der Waals surface area (Å²) in [6.45, 7) is 3.92. The number of para-hydroxylation sites is 1. The zero-order valence-corrected chi connectivity index (χ0v) is 11.8. The fraction of sp³-hybridized carbons (Fsp3) is 0.533. The molecule has 0 aliphatic carbocycles. The molecule has 2 nitrogen and oxygen atoms in total. The molecule has 0 spiro atoms. The molecule has 5 heteroatoms. The average molecular weight is 287 g/mol. The fourth-order valence-electron chi connectivity index (χ4n) is 2.18. The Morgan fingerprint density at radius 3 is 2.20 bits per heavy atom. The Morgan fingerprint density at radius 2 is 1.70 bits per heavy atom. The lowest BCUT2D eigenvalue weighted by Crippen LogP contribution is -2.24. The maximum atomic E-state index is 12.8. The van der Waals surface area contributed by atoms with E-state index in [2.05, 4.69) is 5.32 Å². The summed E-state index contributed by atoms with van der Waals surface area (Å²) in [6, 6.07) is 5.06. The number of benzene rings is 1. The molecule has 1 N–H and O–H groups in total. The molecule has 0 aromatic heterocycles. The van der Waals surface area contributed by atoms with Crippen molar-refractivity contribution in [2.75, 3.05) is 5.32 Å². The highest BCUT2D eigenvalue weighted by atomic mass is 19.4. The molecule has 1 rings (SSSR count). The second kappa shape index (κ2) is 7.31. The largest absolute Gasteiger partial charge is 0.418 e. The van der Waals surface area contributed by atoms with E-state index in [4.69, 9.17) is 0 Å². The van der Waals surface area contributed by atoms with Gasteiger partial charge in [-0.15, -0.1) is 0 Å². The summed E-state index contributed by atoms with van der Waals surface area (Å²) in [5.41, 5.74) is -0.970. The van der Waals surface area contributed by atoms with Crippen LogP contribution in [0.3, 0.4) is 0 Å². The van der Waals surface area contributed by atoms with Crippen molar-refractivity contribution in [1.82, 2.24) is 0 Å². The van der Waals surface area contributed by atoms with Crippen LogP contribution in [0.1, 0.15) is 45.1 Å². The zero-order valence-electron chi connectivity index (χ0n) is 11.8. The smallest absolute Gasteiger partial charge is 0.325 e. The summed E-state index contributed by atoms with van der Waals surface area (Å²) in [6.07, 6.45) is -1.42. The maximum Gasteiger partial charge on any atom is 0.418 e. The molecule has 0 heterocycles. The van der Waals surface area contributed by atoms with Crippen LogP contribution in [0.15, 0.2) is 24.3 Å². The van der Waals surface area contributed by atoms with Crippen LogP contribution in [0, 0.1) is 5.92 Å². The number of amides is 1. The van der Waals surface area contributed by atoms with Gasteiger partial charge in [-0.2, -0.15) is 13.2 Å². The van der Waals surface area contributed by atoms with Gasteiger partial charge in [0.2, 0.25) is 5.91 Å². The monoisotopic (exact) mass is 287 g/mol. The lowest BCUT2D eigenvalue weighted by molar-refractivity contribution is -0.137. The van der Waals surface area contributed by atoms with Gasteiger partial charge in [0.15, 0.2) is 0 Å². The molecule has 0 atom stereocenters. The summed E-state index contributed by atoms with van der Waals surface area (Å²) < 4.78 is 38.5. The number of alkyl halides is 3. The Labute approximate surface area is 117 Å².